The van der Waals surface area contributed by atoms with Gasteiger partial charge >= 0.3 is 0 Å². The number of amidine groups is 1. The second kappa shape index (κ2) is 9.22. The van der Waals surface area contributed by atoms with Gasteiger partial charge in [0.1, 0.15) is 5.84 Å². The van der Waals surface area contributed by atoms with E-state index in [2.05, 4.69) is 23.9 Å². The van der Waals surface area contributed by atoms with Crippen LogP contribution in [-0.2, 0) is 0 Å². The Morgan fingerprint density at radius 2 is 1.65 bits per heavy atom. The highest BCUT2D eigenvalue weighted by molar-refractivity contribution is 5.85. The molecule has 118 valence electrons. The van der Waals surface area contributed by atoms with E-state index in [1.807, 2.05) is 0 Å². The fourth-order valence-corrected chi connectivity index (χ4v) is 2.94. The number of oxime groups is 1. The fourth-order valence-electron chi connectivity index (χ4n) is 2.94. The fraction of sp³-hybridized carbons (Fsp3) is 0.938. The standard InChI is InChI=1S/C16H33N3O/c1-3-4-5-6-7-8-9-12-19-13-10-16(2,11-14-19)15(17)18-20/h20H,3-14H2,1-2H3,(H2,17,18). The van der Waals surface area contributed by atoms with Gasteiger partial charge in [0.05, 0.1) is 0 Å². The van der Waals surface area contributed by atoms with Gasteiger partial charge in [0, 0.05) is 5.41 Å². The third-order valence-corrected chi connectivity index (χ3v) is 4.76. The lowest BCUT2D eigenvalue weighted by atomic mass is 9.79. The maximum Gasteiger partial charge on any atom is 0.145 e. The highest BCUT2D eigenvalue weighted by Gasteiger charge is 2.33. The van der Waals surface area contributed by atoms with Gasteiger partial charge in [-0.2, -0.15) is 0 Å². The van der Waals surface area contributed by atoms with E-state index in [0.29, 0.717) is 5.84 Å². The Kier molecular flexibility index (Phi) is 7.97. The van der Waals surface area contributed by atoms with Crippen LogP contribution in [0.2, 0.25) is 0 Å². The molecule has 0 aliphatic carbocycles. The summed E-state index contributed by atoms with van der Waals surface area (Å²) >= 11 is 0. The second-order valence-electron chi connectivity index (χ2n) is 6.51. The Bertz CT molecular complexity index is 283. The van der Waals surface area contributed by atoms with Crippen molar-refractivity contribution in [1.82, 2.24) is 4.90 Å². The molecule has 1 heterocycles. The Balaban J connectivity index is 2.08. The van der Waals surface area contributed by atoms with E-state index in [0.717, 1.165) is 25.9 Å². The number of rotatable bonds is 9. The van der Waals surface area contributed by atoms with Crippen LogP contribution in [0.15, 0.2) is 5.16 Å². The van der Waals surface area contributed by atoms with Crippen LogP contribution in [0.25, 0.3) is 0 Å². The molecule has 1 rings (SSSR count). The smallest absolute Gasteiger partial charge is 0.145 e. The Morgan fingerprint density at radius 1 is 1.10 bits per heavy atom. The highest BCUT2D eigenvalue weighted by Crippen LogP contribution is 2.31. The van der Waals surface area contributed by atoms with E-state index < -0.39 is 0 Å². The van der Waals surface area contributed by atoms with Crippen molar-refractivity contribution in [3.05, 3.63) is 0 Å². The maximum absolute atomic E-state index is 8.83. The molecule has 0 aromatic rings. The number of likely N-dealkylation sites (tertiary alicyclic amines) is 1. The predicted molar refractivity (Wildman–Crippen MR) is 85.2 cm³/mol. The Labute approximate surface area is 124 Å². The van der Waals surface area contributed by atoms with Gasteiger partial charge < -0.3 is 15.8 Å². The van der Waals surface area contributed by atoms with Gasteiger partial charge in [-0.1, -0.05) is 57.5 Å². The van der Waals surface area contributed by atoms with Crippen LogP contribution in [0.5, 0.6) is 0 Å². The molecule has 0 radical (unpaired) electrons. The van der Waals surface area contributed by atoms with Crippen LogP contribution in [0, 0.1) is 5.41 Å². The molecule has 4 heteroatoms. The lowest BCUT2D eigenvalue weighted by Crippen LogP contribution is -2.45. The minimum absolute atomic E-state index is 0.106. The molecule has 1 aliphatic rings. The first kappa shape index (κ1) is 17.3. The van der Waals surface area contributed by atoms with Gasteiger partial charge in [-0.3, -0.25) is 0 Å². The quantitative estimate of drug-likeness (QED) is 0.223. The molecule has 0 saturated carbocycles. The summed E-state index contributed by atoms with van der Waals surface area (Å²) in [6, 6.07) is 0. The second-order valence-corrected chi connectivity index (χ2v) is 6.51. The number of nitrogens with two attached hydrogens (primary N) is 1. The number of piperidine rings is 1. The molecule has 4 nitrogen and oxygen atoms in total. The SMILES string of the molecule is CCCCCCCCCN1CCC(C)(C(N)=NO)CC1. The summed E-state index contributed by atoms with van der Waals surface area (Å²) in [4.78, 5) is 2.53. The molecule has 0 atom stereocenters. The summed E-state index contributed by atoms with van der Waals surface area (Å²) in [7, 11) is 0. The van der Waals surface area contributed by atoms with Gasteiger partial charge in [0.25, 0.3) is 0 Å². The number of hydrogen-bond donors (Lipinski definition) is 2. The third kappa shape index (κ3) is 5.70. The molecule has 0 aromatic carbocycles. The van der Waals surface area contributed by atoms with Crippen molar-refractivity contribution in [2.24, 2.45) is 16.3 Å². The summed E-state index contributed by atoms with van der Waals surface area (Å²) in [5, 5.41) is 12.0. The molecule has 0 aromatic heterocycles. The van der Waals surface area contributed by atoms with Crippen LogP contribution in [0.3, 0.4) is 0 Å². The molecule has 0 bridgehead atoms. The molecule has 1 aliphatic heterocycles. The monoisotopic (exact) mass is 283 g/mol. The van der Waals surface area contributed by atoms with Crippen LogP contribution >= 0.6 is 0 Å². The molecule has 1 saturated heterocycles. The van der Waals surface area contributed by atoms with Gasteiger partial charge in [-0.15, -0.1) is 0 Å². The van der Waals surface area contributed by atoms with E-state index in [4.69, 9.17) is 10.9 Å². The summed E-state index contributed by atoms with van der Waals surface area (Å²) in [5.41, 5.74) is 5.68. The number of hydrogen-bond acceptors (Lipinski definition) is 3. The van der Waals surface area contributed by atoms with Gasteiger partial charge in [0.2, 0.25) is 0 Å². The topological polar surface area (TPSA) is 61.8 Å². The van der Waals surface area contributed by atoms with E-state index in [1.165, 1.54) is 51.5 Å². The summed E-state index contributed by atoms with van der Waals surface area (Å²) in [6.45, 7) is 7.72. The predicted octanol–water partition coefficient (Wildman–Crippen LogP) is 3.59. The van der Waals surface area contributed by atoms with Crippen molar-refractivity contribution >= 4 is 5.84 Å². The van der Waals surface area contributed by atoms with Crippen molar-refractivity contribution in [3.8, 4) is 0 Å². The van der Waals surface area contributed by atoms with E-state index in [9.17, 15) is 0 Å². The van der Waals surface area contributed by atoms with Gasteiger partial charge in [-0.25, -0.2) is 0 Å². The molecular weight excluding hydrogens is 250 g/mol. The normalized spacial score (nSPS) is 20.2. The Morgan fingerprint density at radius 3 is 2.20 bits per heavy atom. The zero-order valence-corrected chi connectivity index (χ0v) is 13.4. The zero-order chi connectivity index (χ0) is 14.8. The van der Waals surface area contributed by atoms with Gasteiger partial charge in [-0.05, 0) is 38.9 Å². The molecule has 1 fully saturated rings. The minimum Gasteiger partial charge on any atom is -0.409 e. The first-order valence-electron chi connectivity index (χ1n) is 8.33. The minimum atomic E-state index is -0.106. The highest BCUT2D eigenvalue weighted by atomic mass is 16.4. The largest absolute Gasteiger partial charge is 0.409 e. The van der Waals surface area contributed by atoms with Crippen molar-refractivity contribution in [2.45, 2.75) is 71.6 Å². The van der Waals surface area contributed by atoms with Gasteiger partial charge in [0.15, 0.2) is 0 Å². The maximum atomic E-state index is 8.83. The number of unbranched alkanes of at least 4 members (excludes halogenated alkanes) is 6. The number of nitrogens with zero attached hydrogens (tertiary/aromatic N) is 2. The molecule has 3 N–H and O–H groups in total. The average Bonchev–Trinajstić information content (AvgIpc) is 2.47. The van der Waals surface area contributed by atoms with E-state index in [-0.39, 0.29) is 5.41 Å². The van der Waals surface area contributed by atoms with Crippen molar-refractivity contribution in [2.75, 3.05) is 19.6 Å². The third-order valence-electron chi connectivity index (χ3n) is 4.76. The Hall–Kier alpha value is -0.770. The summed E-state index contributed by atoms with van der Waals surface area (Å²) < 4.78 is 0. The summed E-state index contributed by atoms with van der Waals surface area (Å²) in [5.74, 6) is 0.396. The van der Waals surface area contributed by atoms with Crippen LogP contribution in [0.4, 0.5) is 0 Å². The van der Waals surface area contributed by atoms with Crippen LogP contribution in [-0.4, -0.2) is 35.6 Å². The zero-order valence-electron chi connectivity index (χ0n) is 13.4. The van der Waals surface area contributed by atoms with Crippen molar-refractivity contribution in [3.63, 3.8) is 0 Å². The summed E-state index contributed by atoms with van der Waals surface area (Å²) in [6.07, 6.45) is 11.6. The van der Waals surface area contributed by atoms with E-state index >= 15 is 0 Å². The van der Waals surface area contributed by atoms with Crippen molar-refractivity contribution in [1.29, 1.82) is 0 Å². The van der Waals surface area contributed by atoms with E-state index in [1.54, 1.807) is 0 Å². The molecule has 20 heavy (non-hydrogen) atoms. The van der Waals surface area contributed by atoms with Crippen molar-refractivity contribution < 1.29 is 5.21 Å². The molecule has 0 unspecified atom stereocenters. The molecular formula is C16H33N3O. The first-order valence-corrected chi connectivity index (χ1v) is 8.33. The lowest BCUT2D eigenvalue weighted by Gasteiger charge is -2.38. The van der Waals surface area contributed by atoms with Crippen LogP contribution in [0.1, 0.15) is 71.6 Å². The lowest BCUT2D eigenvalue weighted by molar-refractivity contribution is 0.157. The molecule has 0 spiro atoms. The molecule has 0 amide bonds. The first-order chi connectivity index (χ1) is 9.62. The van der Waals surface area contributed by atoms with Crippen LogP contribution < -0.4 is 5.73 Å². The average molecular weight is 283 g/mol.